The molecule has 45 heavy (non-hydrogen) atoms. The van der Waals surface area contributed by atoms with Crippen LogP contribution < -0.4 is 30.2 Å². The number of ether oxygens (including phenoxy) is 3. The zero-order valence-electron chi connectivity index (χ0n) is 27.1. The van der Waals surface area contributed by atoms with Crippen molar-refractivity contribution in [3.05, 3.63) is 71.8 Å². The van der Waals surface area contributed by atoms with Crippen molar-refractivity contribution in [2.75, 3.05) is 43.9 Å². The highest BCUT2D eigenvalue weighted by molar-refractivity contribution is 6.04. The van der Waals surface area contributed by atoms with E-state index in [1.807, 2.05) is 25.1 Å². The number of rotatable bonds is 15. The van der Waals surface area contributed by atoms with Crippen molar-refractivity contribution in [1.29, 1.82) is 0 Å². The predicted molar refractivity (Wildman–Crippen MR) is 180 cm³/mol. The summed E-state index contributed by atoms with van der Waals surface area (Å²) in [5.41, 5.74) is 2.77. The van der Waals surface area contributed by atoms with Gasteiger partial charge in [-0.05, 0) is 99.3 Å². The molecule has 0 bridgehead atoms. The van der Waals surface area contributed by atoms with E-state index < -0.39 is 0 Å². The predicted octanol–water partition coefficient (Wildman–Crippen LogP) is 8.00. The fourth-order valence-electron chi connectivity index (χ4n) is 5.25. The lowest BCUT2D eigenvalue weighted by Gasteiger charge is -2.32. The number of benzene rings is 3. The molecule has 3 N–H and O–H groups in total. The van der Waals surface area contributed by atoms with Gasteiger partial charge in [0, 0.05) is 42.6 Å². The number of methoxy groups -OCH3 is 1. The van der Waals surface area contributed by atoms with Crippen molar-refractivity contribution in [3.63, 3.8) is 0 Å². The number of carbonyl (C=O) groups is 2. The highest BCUT2D eigenvalue weighted by Crippen LogP contribution is 2.34. The van der Waals surface area contributed by atoms with Gasteiger partial charge in [0.25, 0.3) is 5.91 Å². The summed E-state index contributed by atoms with van der Waals surface area (Å²) in [5, 5.41) is 8.63. The van der Waals surface area contributed by atoms with Crippen molar-refractivity contribution < 1.29 is 23.8 Å². The van der Waals surface area contributed by atoms with Crippen LogP contribution in [0.5, 0.6) is 23.0 Å². The summed E-state index contributed by atoms with van der Waals surface area (Å²) >= 11 is 0. The van der Waals surface area contributed by atoms with Gasteiger partial charge in [-0.2, -0.15) is 0 Å². The Morgan fingerprint density at radius 2 is 1.53 bits per heavy atom. The molecule has 0 radical (unpaired) electrons. The van der Waals surface area contributed by atoms with E-state index >= 15 is 0 Å². The van der Waals surface area contributed by atoms with Crippen LogP contribution in [-0.2, 0) is 0 Å². The smallest absolute Gasteiger partial charge is 0.319 e. The molecule has 1 heterocycles. The van der Waals surface area contributed by atoms with E-state index in [1.54, 1.807) is 49.6 Å². The van der Waals surface area contributed by atoms with E-state index in [-0.39, 0.29) is 18.0 Å². The molecule has 1 aliphatic heterocycles. The molecule has 3 amide bonds. The van der Waals surface area contributed by atoms with Gasteiger partial charge in [-0.15, -0.1) is 0 Å². The maximum atomic E-state index is 13.0. The normalized spacial score (nSPS) is 13.6. The van der Waals surface area contributed by atoms with Gasteiger partial charge in [0.15, 0.2) is 11.5 Å². The van der Waals surface area contributed by atoms with Gasteiger partial charge in [0.2, 0.25) is 0 Å². The maximum absolute atomic E-state index is 13.0. The van der Waals surface area contributed by atoms with E-state index in [4.69, 9.17) is 14.2 Å². The van der Waals surface area contributed by atoms with Crippen molar-refractivity contribution in [2.45, 2.75) is 71.8 Å². The van der Waals surface area contributed by atoms with Gasteiger partial charge in [0.1, 0.15) is 17.6 Å². The monoisotopic (exact) mass is 616 g/mol. The SMILES string of the molecule is CCCCCNC(=O)Nc1ccc(Oc2ccc(NC(=O)c3ccc(OC4CCN(CCCC)CC4)c(C)c3)cc2)c(OC)c1. The number of amides is 3. The minimum atomic E-state index is -0.257. The summed E-state index contributed by atoms with van der Waals surface area (Å²) in [6.45, 7) is 10.3. The maximum Gasteiger partial charge on any atom is 0.319 e. The Morgan fingerprint density at radius 1 is 0.822 bits per heavy atom. The first-order chi connectivity index (χ1) is 21.9. The molecule has 242 valence electrons. The first-order valence-corrected chi connectivity index (χ1v) is 16.2. The molecule has 0 saturated carbocycles. The second kappa shape index (κ2) is 17.3. The Kier molecular flexibility index (Phi) is 12.9. The Bertz CT molecular complexity index is 1390. The van der Waals surface area contributed by atoms with E-state index in [9.17, 15) is 9.59 Å². The van der Waals surface area contributed by atoms with E-state index in [2.05, 4.69) is 34.7 Å². The Morgan fingerprint density at radius 3 is 2.22 bits per heavy atom. The Hall–Kier alpha value is -4.24. The highest BCUT2D eigenvalue weighted by atomic mass is 16.5. The molecule has 3 aromatic rings. The average molecular weight is 617 g/mol. The number of aryl methyl sites for hydroxylation is 1. The Balaban J connectivity index is 1.28. The third-order valence-corrected chi connectivity index (χ3v) is 7.92. The number of carbonyl (C=O) groups excluding carboxylic acids is 2. The van der Waals surface area contributed by atoms with Crippen LogP contribution >= 0.6 is 0 Å². The minimum Gasteiger partial charge on any atom is -0.493 e. The molecule has 0 spiro atoms. The number of nitrogens with one attached hydrogen (secondary N) is 3. The van der Waals surface area contributed by atoms with Crippen LogP contribution in [0.2, 0.25) is 0 Å². The van der Waals surface area contributed by atoms with Crippen molar-refractivity contribution in [1.82, 2.24) is 10.2 Å². The molecular weight excluding hydrogens is 568 g/mol. The fraction of sp³-hybridized carbons (Fsp3) is 0.444. The lowest BCUT2D eigenvalue weighted by Crippen LogP contribution is -2.38. The van der Waals surface area contributed by atoms with E-state index in [1.165, 1.54) is 19.4 Å². The summed E-state index contributed by atoms with van der Waals surface area (Å²) in [7, 11) is 1.55. The van der Waals surface area contributed by atoms with Gasteiger partial charge in [0.05, 0.1) is 7.11 Å². The number of anilines is 2. The third kappa shape index (κ3) is 10.4. The molecule has 0 aliphatic carbocycles. The Labute approximate surface area is 267 Å². The fourth-order valence-corrected chi connectivity index (χ4v) is 5.25. The van der Waals surface area contributed by atoms with Crippen LogP contribution in [0.3, 0.4) is 0 Å². The van der Waals surface area contributed by atoms with E-state index in [0.717, 1.165) is 56.5 Å². The summed E-state index contributed by atoms with van der Waals surface area (Å²) in [6, 6.07) is 17.7. The van der Waals surface area contributed by atoms with Crippen LogP contribution in [0.15, 0.2) is 60.7 Å². The molecule has 0 aromatic heterocycles. The molecule has 1 fully saturated rings. The van der Waals surface area contributed by atoms with Gasteiger partial charge in [-0.25, -0.2) is 4.79 Å². The lowest BCUT2D eigenvalue weighted by molar-refractivity contribution is 0.0991. The van der Waals surface area contributed by atoms with Gasteiger partial charge < -0.3 is 35.1 Å². The third-order valence-electron chi connectivity index (χ3n) is 7.92. The molecule has 1 aliphatic rings. The minimum absolute atomic E-state index is 0.193. The zero-order chi connectivity index (χ0) is 32.0. The van der Waals surface area contributed by atoms with Crippen LogP contribution in [0.4, 0.5) is 16.2 Å². The van der Waals surface area contributed by atoms with Crippen molar-refractivity contribution >= 4 is 23.3 Å². The summed E-state index contributed by atoms with van der Waals surface area (Å²) < 4.78 is 17.8. The number of hydrogen-bond acceptors (Lipinski definition) is 6. The average Bonchev–Trinajstić information content (AvgIpc) is 3.05. The lowest BCUT2D eigenvalue weighted by atomic mass is 10.1. The molecule has 9 heteroatoms. The number of nitrogens with zero attached hydrogens (tertiary/aromatic N) is 1. The number of unbranched alkanes of at least 4 members (excludes halogenated alkanes) is 3. The van der Waals surface area contributed by atoms with E-state index in [0.29, 0.717) is 40.7 Å². The van der Waals surface area contributed by atoms with Gasteiger partial charge in [-0.3, -0.25) is 4.79 Å². The number of piperidine rings is 1. The summed E-state index contributed by atoms with van der Waals surface area (Å²) in [4.78, 5) is 27.7. The number of likely N-dealkylation sites (tertiary alicyclic amines) is 1. The van der Waals surface area contributed by atoms with Gasteiger partial charge in [-0.1, -0.05) is 33.1 Å². The standard InChI is InChI=1S/C36H48N4O5/c1-5-7-9-20-37-36(42)39-29-13-17-33(34(25-29)43-4)45-30-14-11-28(12-15-30)38-35(41)27-10-16-32(26(3)24-27)44-31-18-22-40(23-19-31)21-8-6-2/h10-17,24-25,31H,5-9,18-23H2,1-4H3,(H,38,41)(H2,37,39,42). The largest absolute Gasteiger partial charge is 0.493 e. The summed E-state index contributed by atoms with van der Waals surface area (Å²) in [5.74, 6) is 2.21. The quantitative estimate of drug-likeness (QED) is 0.150. The topological polar surface area (TPSA) is 101 Å². The second-order valence-electron chi connectivity index (χ2n) is 11.5. The molecule has 0 atom stereocenters. The molecule has 4 rings (SSSR count). The van der Waals surface area contributed by atoms with Gasteiger partial charge >= 0.3 is 6.03 Å². The number of hydrogen-bond donors (Lipinski definition) is 3. The van der Waals surface area contributed by atoms with Crippen LogP contribution in [-0.4, -0.2) is 56.2 Å². The summed E-state index contributed by atoms with van der Waals surface area (Å²) in [6.07, 6.45) is 7.86. The molecule has 3 aromatic carbocycles. The van der Waals surface area contributed by atoms with Crippen molar-refractivity contribution in [3.8, 4) is 23.0 Å². The second-order valence-corrected chi connectivity index (χ2v) is 11.5. The van der Waals surface area contributed by atoms with Crippen LogP contribution in [0.25, 0.3) is 0 Å². The molecule has 1 saturated heterocycles. The van der Waals surface area contributed by atoms with Crippen LogP contribution in [0.1, 0.15) is 74.7 Å². The van der Waals surface area contributed by atoms with Crippen LogP contribution in [0, 0.1) is 6.92 Å². The zero-order valence-corrected chi connectivity index (χ0v) is 27.1. The van der Waals surface area contributed by atoms with Crippen molar-refractivity contribution in [2.24, 2.45) is 0 Å². The first-order valence-electron chi connectivity index (χ1n) is 16.2. The highest BCUT2D eigenvalue weighted by Gasteiger charge is 2.21. The molecule has 0 unspecified atom stereocenters. The number of urea groups is 1. The molecule has 9 nitrogen and oxygen atoms in total. The first kappa shape index (κ1) is 33.6. The molecular formula is C36H48N4O5.